The topological polar surface area (TPSA) is 0 Å². The molecule has 0 amide bonds. The van der Waals surface area contributed by atoms with Crippen molar-refractivity contribution >= 4 is 16.8 Å². The van der Waals surface area contributed by atoms with Crippen molar-refractivity contribution < 1.29 is 0 Å². The van der Waals surface area contributed by atoms with Crippen molar-refractivity contribution in [1.82, 2.24) is 0 Å². The molecule has 0 nitrogen and oxygen atoms in total. The summed E-state index contributed by atoms with van der Waals surface area (Å²) in [6.07, 6.45) is 5.93. The molecule has 0 unspecified atom stereocenters. The standard InChI is InChI=1S/C18H20/c1-5-6-8-15-12-18-16(11-14(15)4)9-7-10-17(18)13(2)3/h5-13H,1H2,2-4H3/b8-6-. The van der Waals surface area contributed by atoms with Crippen molar-refractivity contribution in [3.63, 3.8) is 0 Å². The third kappa shape index (κ3) is 2.38. The van der Waals surface area contributed by atoms with Gasteiger partial charge in [-0.15, -0.1) is 0 Å². The van der Waals surface area contributed by atoms with Gasteiger partial charge in [-0.2, -0.15) is 0 Å². The van der Waals surface area contributed by atoms with Crippen LogP contribution in [0.25, 0.3) is 16.8 Å². The van der Waals surface area contributed by atoms with Gasteiger partial charge in [0, 0.05) is 0 Å². The van der Waals surface area contributed by atoms with Gasteiger partial charge in [0.1, 0.15) is 0 Å². The summed E-state index contributed by atoms with van der Waals surface area (Å²) in [4.78, 5) is 0. The summed E-state index contributed by atoms with van der Waals surface area (Å²) in [6, 6.07) is 11.1. The Morgan fingerprint density at radius 2 is 1.94 bits per heavy atom. The second-order valence-electron chi connectivity index (χ2n) is 5.03. The van der Waals surface area contributed by atoms with Gasteiger partial charge in [-0.1, -0.05) is 62.9 Å². The Morgan fingerprint density at radius 1 is 1.17 bits per heavy atom. The first-order chi connectivity index (χ1) is 8.63. The molecule has 0 saturated heterocycles. The second-order valence-corrected chi connectivity index (χ2v) is 5.03. The zero-order valence-corrected chi connectivity index (χ0v) is 11.4. The second kappa shape index (κ2) is 5.22. The highest BCUT2D eigenvalue weighted by molar-refractivity contribution is 5.89. The van der Waals surface area contributed by atoms with Crippen LogP contribution in [0, 0.1) is 6.92 Å². The average Bonchev–Trinajstić information content (AvgIpc) is 2.35. The lowest BCUT2D eigenvalue weighted by molar-refractivity contribution is 0.876. The molecular formula is C18H20. The summed E-state index contributed by atoms with van der Waals surface area (Å²) in [5.74, 6) is 0.549. The summed E-state index contributed by atoms with van der Waals surface area (Å²) in [5, 5.41) is 2.69. The van der Waals surface area contributed by atoms with Crippen molar-refractivity contribution in [2.75, 3.05) is 0 Å². The van der Waals surface area contributed by atoms with Crippen LogP contribution in [0.1, 0.15) is 36.5 Å². The number of fused-ring (bicyclic) bond motifs is 1. The summed E-state index contributed by atoms with van der Waals surface area (Å²) in [6.45, 7) is 10.4. The van der Waals surface area contributed by atoms with Crippen LogP contribution in [-0.4, -0.2) is 0 Å². The van der Waals surface area contributed by atoms with Gasteiger partial charge in [0.05, 0.1) is 0 Å². The van der Waals surface area contributed by atoms with Crippen molar-refractivity contribution in [3.8, 4) is 0 Å². The van der Waals surface area contributed by atoms with Gasteiger partial charge >= 0.3 is 0 Å². The third-order valence-corrected chi connectivity index (χ3v) is 3.33. The molecule has 0 fully saturated rings. The lowest BCUT2D eigenvalue weighted by atomic mass is 9.93. The molecule has 2 aromatic rings. The lowest BCUT2D eigenvalue weighted by Gasteiger charge is -2.12. The molecule has 0 spiro atoms. The third-order valence-electron chi connectivity index (χ3n) is 3.33. The Balaban J connectivity index is 2.70. The number of aryl methyl sites for hydroxylation is 1. The largest absolute Gasteiger partial charge is 0.0991 e. The minimum Gasteiger partial charge on any atom is -0.0991 e. The van der Waals surface area contributed by atoms with Crippen LogP contribution in [0.15, 0.2) is 49.1 Å². The number of benzene rings is 2. The van der Waals surface area contributed by atoms with E-state index in [9.17, 15) is 0 Å². The molecule has 0 heteroatoms. The van der Waals surface area contributed by atoms with Gasteiger partial charge in [-0.3, -0.25) is 0 Å². The fourth-order valence-corrected chi connectivity index (χ4v) is 2.33. The Hall–Kier alpha value is -1.82. The van der Waals surface area contributed by atoms with E-state index in [0.29, 0.717) is 5.92 Å². The van der Waals surface area contributed by atoms with Gasteiger partial charge < -0.3 is 0 Å². The smallest absolute Gasteiger partial charge is 0.0143 e. The van der Waals surface area contributed by atoms with Gasteiger partial charge in [0.25, 0.3) is 0 Å². The molecule has 0 atom stereocenters. The number of allylic oxidation sites excluding steroid dienone is 2. The highest BCUT2D eigenvalue weighted by Gasteiger charge is 2.06. The van der Waals surface area contributed by atoms with E-state index >= 15 is 0 Å². The minimum absolute atomic E-state index is 0.549. The van der Waals surface area contributed by atoms with Gasteiger partial charge in [0.2, 0.25) is 0 Å². The lowest BCUT2D eigenvalue weighted by Crippen LogP contribution is -1.91. The molecule has 0 aliphatic rings. The normalized spacial score (nSPS) is 11.6. The Labute approximate surface area is 110 Å². The minimum atomic E-state index is 0.549. The predicted octanol–water partition coefficient (Wildman–Crippen LogP) is 5.47. The van der Waals surface area contributed by atoms with Crippen LogP contribution in [0.3, 0.4) is 0 Å². The number of hydrogen-bond acceptors (Lipinski definition) is 0. The van der Waals surface area contributed by atoms with E-state index in [1.165, 1.54) is 27.5 Å². The first-order valence-electron chi connectivity index (χ1n) is 6.46. The van der Waals surface area contributed by atoms with Crippen LogP contribution < -0.4 is 0 Å². The number of hydrogen-bond donors (Lipinski definition) is 0. The van der Waals surface area contributed by atoms with Crippen molar-refractivity contribution in [3.05, 3.63) is 65.8 Å². The first kappa shape index (κ1) is 12.6. The van der Waals surface area contributed by atoms with Gasteiger partial charge in [-0.25, -0.2) is 0 Å². The van der Waals surface area contributed by atoms with Crippen molar-refractivity contribution in [1.29, 1.82) is 0 Å². The predicted molar refractivity (Wildman–Crippen MR) is 82.0 cm³/mol. The van der Waals surface area contributed by atoms with E-state index in [1.807, 2.05) is 12.2 Å². The molecule has 0 radical (unpaired) electrons. The summed E-state index contributed by atoms with van der Waals surface area (Å²) >= 11 is 0. The highest BCUT2D eigenvalue weighted by Crippen LogP contribution is 2.28. The molecule has 18 heavy (non-hydrogen) atoms. The van der Waals surface area contributed by atoms with Crippen LogP contribution in [0.2, 0.25) is 0 Å². The van der Waals surface area contributed by atoms with Crippen LogP contribution >= 0.6 is 0 Å². The summed E-state index contributed by atoms with van der Waals surface area (Å²) < 4.78 is 0. The zero-order valence-electron chi connectivity index (χ0n) is 11.4. The maximum Gasteiger partial charge on any atom is -0.0143 e. The Bertz CT molecular complexity index is 601. The molecule has 0 saturated carbocycles. The maximum absolute atomic E-state index is 3.73. The molecule has 0 heterocycles. The molecule has 92 valence electrons. The monoisotopic (exact) mass is 236 g/mol. The quantitative estimate of drug-likeness (QED) is 0.620. The number of rotatable bonds is 3. The average molecular weight is 236 g/mol. The Morgan fingerprint density at radius 3 is 2.61 bits per heavy atom. The fourth-order valence-electron chi connectivity index (χ4n) is 2.33. The molecule has 0 aliphatic carbocycles. The molecule has 2 aromatic carbocycles. The molecule has 0 aromatic heterocycles. The molecule has 2 rings (SSSR count). The van der Waals surface area contributed by atoms with Crippen LogP contribution in [0.4, 0.5) is 0 Å². The molecule has 0 aliphatic heterocycles. The van der Waals surface area contributed by atoms with E-state index in [4.69, 9.17) is 0 Å². The molecule has 0 N–H and O–H groups in total. The Kier molecular flexibility index (Phi) is 3.66. The van der Waals surface area contributed by atoms with E-state index in [2.05, 4.69) is 63.8 Å². The SMILES string of the molecule is C=C/C=C\c1cc2c(C(C)C)cccc2cc1C. The van der Waals surface area contributed by atoms with E-state index in [0.717, 1.165) is 0 Å². The fraction of sp³-hybridized carbons (Fsp3) is 0.222. The summed E-state index contributed by atoms with van der Waals surface area (Å²) in [7, 11) is 0. The molecular weight excluding hydrogens is 216 g/mol. The summed E-state index contributed by atoms with van der Waals surface area (Å²) in [5.41, 5.74) is 4.00. The molecule has 0 bridgehead atoms. The van der Waals surface area contributed by atoms with Crippen LogP contribution in [-0.2, 0) is 0 Å². The zero-order chi connectivity index (χ0) is 13.1. The van der Waals surface area contributed by atoms with Crippen molar-refractivity contribution in [2.45, 2.75) is 26.7 Å². The van der Waals surface area contributed by atoms with E-state index < -0.39 is 0 Å². The van der Waals surface area contributed by atoms with Gasteiger partial charge in [0.15, 0.2) is 0 Å². The van der Waals surface area contributed by atoms with E-state index in [-0.39, 0.29) is 0 Å². The first-order valence-corrected chi connectivity index (χ1v) is 6.46. The van der Waals surface area contributed by atoms with Crippen LogP contribution in [0.5, 0.6) is 0 Å². The van der Waals surface area contributed by atoms with Crippen molar-refractivity contribution in [2.24, 2.45) is 0 Å². The van der Waals surface area contributed by atoms with Gasteiger partial charge in [-0.05, 0) is 46.4 Å². The highest BCUT2D eigenvalue weighted by atomic mass is 14.1. The van der Waals surface area contributed by atoms with E-state index in [1.54, 1.807) is 0 Å². The maximum atomic E-state index is 3.73.